The van der Waals surface area contributed by atoms with Crippen LogP contribution in [0.2, 0.25) is 5.15 Å². The molecular weight excluding hydrogens is 1400 g/mol. The van der Waals surface area contributed by atoms with Crippen LogP contribution in [-0.2, 0) is 68.9 Å². The zero-order valence-corrected chi connectivity index (χ0v) is 64.3. The number of amides is 5. The zero-order valence-electron chi connectivity index (χ0n) is 64.6. The van der Waals surface area contributed by atoms with Gasteiger partial charge in [0.1, 0.15) is 34.9 Å². The second kappa shape index (κ2) is 38.5. The van der Waals surface area contributed by atoms with E-state index in [2.05, 4.69) is 139 Å². The highest BCUT2D eigenvalue weighted by molar-refractivity contribution is 6.32. The van der Waals surface area contributed by atoms with Crippen LogP contribution in [0.5, 0.6) is 0 Å². The van der Waals surface area contributed by atoms with Gasteiger partial charge in [-0.2, -0.15) is 20.4 Å². The Kier molecular flexibility index (Phi) is 28.9. The smallest absolute Gasteiger partial charge is 0.410 e. The molecule has 26 nitrogen and oxygen atoms in total. The highest BCUT2D eigenvalue weighted by atomic mass is 35.5. The summed E-state index contributed by atoms with van der Waals surface area (Å²) in [4.78, 5) is 83.1. The topological polar surface area (TPSA) is 309 Å². The molecule has 108 heavy (non-hydrogen) atoms. The van der Waals surface area contributed by atoms with Gasteiger partial charge in [-0.15, -0.1) is 0 Å². The van der Waals surface area contributed by atoms with E-state index in [1.807, 2.05) is 120 Å². The molecule has 14 rings (SSSR count). The molecule has 4 aromatic carbocycles. The van der Waals surface area contributed by atoms with Crippen molar-refractivity contribution in [2.24, 2.45) is 43.5 Å². The molecule has 9 heterocycles. The van der Waals surface area contributed by atoms with Crippen LogP contribution < -0.4 is 26.6 Å². The Morgan fingerprint density at radius 2 is 0.889 bits per heavy atom. The Hall–Kier alpha value is -11.1. The molecule has 6 N–H and O–H groups in total. The number of hydrogen-bond donors (Lipinski definition) is 5. The lowest BCUT2D eigenvalue weighted by Gasteiger charge is -2.39. The number of anilines is 1. The number of carboxylic acid groups (broad SMARTS) is 1. The number of likely N-dealkylation sites (tertiary alicyclic amines) is 2. The SMILES string of the molecule is CC(C)(C)OC(=O)N1CC(C(=O)O)C1.Cc1ccc(CN)cc1.Cc1ccc(CNC(=O)C2CCC2)cc1.Cc1ccc(CNC(=O)C2CN(C(=O)OC(C)(C)C)C2)cc1.Cc1ccc(CNC(=O)C2CN(c3ncnn4cc(-c5cnn(C)c5)cc34)C2)cc1.Cn1cc(-c2cc3c(Cl)ncnn3c2)cn1.[2H]CF. The standard InChI is InChI=1S/C22H23N7O.C17H24N2O3.C13H17NO.C10H8ClN5.C9H15NO4.C8H11N.CH3F/c1-15-3-5-16(6-4-15)8-23-22(30)19-11-28(12-19)21-20-7-17(13-29(20)26-14-24-21)18-9-25-27(2)10-18;1-12-5-7-13(8-6-12)9-18-15(20)14-10-19(11-14)16(21)22-17(2,3)4;1-10-5-7-11(8-6-10)9-14-13(15)12-3-2-4-12;1-15-4-8(3-13-15)7-2-9-10(11)12-6-14-16(9)5-7;1-9(2,3)14-8(13)10-4-6(5-10)7(11)12;1-7-2-4-8(6-9)5-3-7;1-2/h3-7,9-10,13-14,19H,8,11-12H2,1-2H3,(H,23,30);5-8,14H,9-11H2,1-4H3,(H,18,20);5-8,12H,2-4,9H2,1H3,(H,14,15);2-6H,1H3;6H,4-5H2,1-3H3,(H,11,12);2-5H,6,9H2,1H3;1H3/i;;;;;;1D. The van der Waals surface area contributed by atoms with Gasteiger partial charge in [0.05, 0.1) is 38.7 Å². The monoisotopic (exact) mass is 1500 g/mol. The molecule has 6 aromatic heterocycles. The third-order valence-electron chi connectivity index (χ3n) is 17.8. The van der Waals surface area contributed by atoms with Gasteiger partial charge in [-0.1, -0.05) is 137 Å². The third kappa shape index (κ3) is 24.8. The number of benzene rings is 4. The number of carboxylic acids is 1. The molecule has 1 saturated carbocycles. The van der Waals surface area contributed by atoms with Gasteiger partial charge in [0.25, 0.3) is 0 Å². The van der Waals surface area contributed by atoms with Gasteiger partial charge in [-0.3, -0.25) is 32.9 Å². The third-order valence-corrected chi connectivity index (χ3v) is 18.0. The number of halogens is 2. The summed E-state index contributed by atoms with van der Waals surface area (Å²) in [5.74, 6) is -0.0211. The minimum absolute atomic E-state index is 0.0135. The van der Waals surface area contributed by atoms with Crippen molar-refractivity contribution in [3.63, 3.8) is 0 Å². The maximum Gasteiger partial charge on any atom is 0.410 e. The van der Waals surface area contributed by atoms with Crippen LogP contribution in [-0.4, -0.2) is 157 Å². The number of carbonyl (C=O) groups excluding carboxylic acids is 5. The van der Waals surface area contributed by atoms with E-state index in [1.165, 1.54) is 51.0 Å². The van der Waals surface area contributed by atoms with Crippen LogP contribution in [0.1, 0.15) is 107 Å². The molecule has 4 aliphatic rings. The second-order valence-corrected chi connectivity index (χ2v) is 29.4. The number of aryl methyl sites for hydroxylation is 6. The number of fused-ring (bicyclic) bond motifs is 2. The average molecular weight is 1500 g/mol. The Morgan fingerprint density at radius 1 is 0.528 bits per heavy atom. The molecule has 0 bridgehead atoms. The number of aromatic nitrogens is 10. The van der Waals surface area contributed by atoms with E-state index in [-0.39, 0.29) is 54.7 Å². The number of nitrogens with zero attached hydrogens (tertiary/aromatic N) is 13. The minimum atomic E-state index is -1.00. The van der Waals surface area contributed by atoms with Crippen molar-refractivity contribution in [1.29, 1.82) is 0 Å². The number of alkyl halides is 1. The van der Waals surface area contributed by atoms with Gasteiger partial charge in [-0.25, -0.2) is 28.6 Å². The van der Waals surface area contributed by atoms with Crippen molar-refractivity contribution in [1.82, 2.24) is 74.5 Å². The zero-order chi connectivity index (χ0) is 79.1. The van der Waals surface area contributed by atoms with Crippen molar-refractivity contribution >= 4 is 64.3 Å². The number of nitrogens with one attached hydrogen (secondary N) is 3. The Morgan fingerprint density at radius 3 is 1.24 bits per heavy atom. The lowest BCUT2D eigenvalue weighted by Crippen LogP contribution is -2.56. The predicted octanol–water partition coefficient (Wildman–Crippen LogP) is 11.8. The van der Waals surface area contributed by atoms with Crippen LogP contribution >= 0.6 is 11.6 Å². The van der Waals surface area contributed by atoms with Gasteiger partial charge in [-0.05, 0) is 116 Å². The van der Waals surface area contributed by atoms with Crippen molar-refractivity contribution < 1.29 is 49.1 Å². The molecule has 574 valence electrons. The van der Waals surface area contributed by atoms with E-state index in [0.717, 1.165) is 63.1 Å². The van der Waals surface area contributed by atoms with E-state index in [9.17, 15) is 33.2 Å². The largest absolute Gasteiger partial charge is 0.481 e. The normalized spacial score (nSPS) is 14.1. The quantitative estimate of drug-likeness (QED) is 0.0675. The van der Waals surface area contributed by atoms with Crippen LogP contribution in [0.4, 0.5) is 19.8 Å². The Balaban J connectivity index is 0.000000169. The number of carbonyl (C=O) groups is 6. The molecule has 5 amide bonds. The van der Waals surface area contributed by atoms with Crippen LogP contribution in [0.3, 0.4) is 0 Å². The first kappa shape index (κ1) is 81.0. The molecule has 10 aromatic rings. The number of hydrogen-bond acceptors (Lipinski definition) is 16. The van der Waals surface area contributed by atoms with E-state index in [0.29, 0.717) is 57.5 Å². The summed E-state index contributed by atoms with van der Waals surface area (Å²) in [5.41, 5.74) is 19.7. The molecule has 4 fully saturated rings. The molecule has 0 atom stereocenters. The van der Waals surface area contributed by atoms with E-state index >= 15 is 0 Å². The summed E-state index contributed by atoms with van der Waals surface area (Å²) in [6, 6.07) is 36.8. The lowest BCUT2D eigenvalue weighted by atomic mass is 9.85. The van der Waals surface area contributed by atoms with Gasteiger partial charge in [0.15, 0.2) is 11.0 Å². The maximum absolute atomic E-state index is 12.5. The van der Waals surface area contributed by atoms with Crippen LogP contribution in [0, 0.1) is 51.4 Å². The summed E-state index contributed by atoms with van der Waals surface area (Å²) >= 11 is 5.97. The first-order valence-electron chi connectivity index (χ1n) is 36.4. The number of aliphatic carboxylic acids is 1. The molecule has 3 aliphatic heterocycles. The summed E-state index contributed by atoms with van der Waals surface area (Å²) in [5, 5.41) is 34.8. The van der Waals surface area contributed by atoms with Crippen LogP contribution in [0.15, 0.2) is 159 Å². The van der Waals surface area contributed by atoms with Gasteiger partial charge in [0.2, 0.25) is 17.7 Å². The molecule has 3 saturated heterocycles. The Labute approximate surface area is 636 Å². The number of nitrogens with two attached hydrogens (primary N) is 1. The highest BCUT2D eigenvalue weighted by Crippen LogP contribution is 2.32. The summed E-state index contributed by atoms with van der Waals surface area (Å²) < 4.78 is 32.9. The fourth-order valence-electron chi connectivity index (χ4n) is 11.1. The fourth-order valence-corrected chi connectivity index (χ4v) is 11.3. The second-order valence-electron chi connectivity index (χ2n) is 29.1. The van der Waals surface area contributed by atoms with Gasteiger partial charge >= 0.3 is 18.2 Å². The Bertz CT molecular complexity index is 4610. The fraction of sp³-hybridized carbons (Fsp3) is 0.400. The summed E-state index contributed by atoms with van der Waals surface area (Å²) in [6.45, 7) is 24.1. The first-order valence-corrected chi connectivity index (χ1v) is 36.1. The first-order chi connectivity index (χ1) is 51.8. The molecular formula is C80H101ClFN17O9. The van der Waals surface area contributed by atoms with Crippen molar-refractivity contribution in [3.05, 3.63) is 209 Å². The van der Waals surface area contributed by atoms with Crippen molar-refractivity contribution in [2.45, 2.75) is 126 Å². The number of rotatable bonds is 14. The molecule has 0 spiro atoms. The van der Waals surface area contributed by atoms with Crippen molar-refractivity contribution in [3.8, 4) is 22.3 Å². The molecule has 1 aliphatic carbocycles. The van der Waals surface area contributed by atoms with E-state index in [1.54, 1.807) is 52.1 Å². The summed E-state index contributed by atoms with van der Waals surface area (Å²) in [7, 11) is 2.78. The van der Waals surface area contributed by atoms with Crippen LogP contribution in [0.25, 0.3) is 33.3 Å². The van der Waals surface area contributed by atoms with Crippen molar-refractivity contribution in [2.75, 3.05) is 51.3 Å². The average Bonchev–Trinajstić information content (AvgIpc) is 1.66. The molecule has 0 radical (unpaired) electrons. The minimum Gasteiger partial charge on any atom is -0.481 e. The highest BCUT2D eigenvalue weighted by Gasteiger charge is 2.39. The predicted molar refractivity (Wildman–Crippen MR) is 414 cm³/mol. The van der Waals surface area contributed by atoms with Gasteiger partial charge in [0, 0.05) is 133 Å². The van der Waals surface area contributed by atoms with E-state index in [4.69, 9.17) is 33.3 Å². The molecule has 0 unspecified atom stereocenters. The maximum atomic E-state index is 12.5. The number of ether oxygens (including phenoxy) is 2. The van der Waals surface area contributed by atoms with Gasteiger partial charge < -0.3 is 51.0 Å². The van der Waals surface area contributed by atoms with E-state index < -0.39 is 36.3 Å². The molecule has 28 heteroatoms. The lowest BCUT2D eigenvalue weighted by molar-refractivity contribution is -0.147. The summed E-state index contributed by atoms with van der Waals surface area (Å²) in [6.07, 6.45) is 17.0.